The Kier molecular flexibility index (Phi) is 3.16. The van der Waals surface area contributed by atoms with Crippen LogP contribution in [0.25, 0.3) is 0 Å². The molecule has 0 radical (unpaired) electrons. The van der Waals surface area contributed by atoms with Crippen molar-refractivity contribution in [3.63, 3.8) is 0 Å². The van der Waals surface area contributed by atoms with Crippen molar-refractivity contribution in [3.05, 3.63) is 28.2 Å². The zero-order chi connectivity index (χ0) is 11.7. The van der Waals surface area contributed by atoms with E-state index in [4.69, 9.17) is 16.2 Å². The zero-order valence-corrected chi connectivity index (χ0v) is 10.2. The van der Waals surface area contributed by atoms with Crippen molar-refractivity contribution in [1.29, 1.82) is 0 Å². The minimum atomic E-state index is -0.455. The summed E-state index contributed by atoms with van der Waals surface area (Å²) < 4.78 is 6.33. The number of rotatable bonds is 3. The van der Waals surface area contributed by atoms with E-state index in [0.717, 1.165) is 18.6 Å². The van der Waals surface area contributed by atoms with E-state index in [1.165, 1.54) is 0 Å². The number of hydrogen-bond acceptors (Lipinski definition) is 3. The van der Waals surface area contributed by atoms with Gasteiger partial charge in [0.1, 0.15) is 11.9 Å². The van der Waals surface area contributed by atoms with Crippen molar-refractivity contribution in [2.24, 2.45) is 11.5 Å². The van der Waals surface area contributed by atoms with Crippen molar-refractivity contribution in [2.45, 2.75) is 25.0 Å². The average Bonchev–Trinajstić information content (AvgIpc) is 2.15. The van der Waals surface area contributed by atoms with Crippen LogP contribution in [0, 0.1) is 0 Å². The number of carbonyl (C=O) groups excluding carboxylic acids is 1. The fourth-order valence-corrected chi connectivity index (χ4v) is 2.22. The Labute approximate surface area is 102 Å². The number of amides is 1. The van der Waals surface area contributed by atoms with Crippen LogP contribution in [0.1, 0.15) is 23.2 Å². The molecule has 16 heavy (non-hydrogen) atoms. The number of ether oxygens (including phenoxy) is 1. The molecule has 4 N–H and O–H groups in total. The molecule has 0 saturated heterocycles. The third-order valence-electron chi connectivity index (χ3n) is 2.64. The van der Waals surface area contributed by atoms with E-state index in [2.05, 4.69) is 15.9 Å². The van der Waals surface area contributed by atoms with E-state index in [1.807, 2.05) is 0 Å². The van der Waals surface area contributed by atoms with E-state index in [1.54, 1.807) is 18.2 Å². The first-order chi connectivity index (χ1) is 7.56. The summed E-state index contributed by atoms with van der Waals surface area (Å²) in [6.07, 6.45) is 1.96. The van der Waals surface area contributed by atoms with Crippen molar-refractivity contribution in [1.82, 2.24) is 0 Å². The molecule has 0 heterocycles. The summed E-state index contributed by atoms with van der Waals surface area (Å²) in [6.45, 7) is 0. The van der Waals surface area contributed by atoms with Gasteiger partial charge in [-0.15, -0.1) is 0 Å². The van der Waals surface area contributed by atoms with E-state index < -0.39 is 5.91 Å². The predicted molar refractivity (Wildman–Crippen MR) is 64.3 cm³/mol. The lowest BCUT2D eigenvalue weighted by Gasteiger charge is -2.32. The Bertz CT molecular complexity index is 416. The molecule has 2 rings (SSSR count). The van der Waals surface area contributed by atoms with Gasteiger partial charge in [-0.25, -0.2) is 0 Å². The van der Waals surface area contributed by atoms with Gasteiger partial charge in [0.05, 0.1) is 5.56 Å². The maximum absolute atomic E-state index is 11.0. The Balaban J connectivity index is 2.06. The second-order valence-electron chi connectivity index (χ2n) is 3.98. The zero-order valence-electron chi connectivity index (χ0n) is 8.65. The molecule has 0 aliphatic heterocycles. The third-order valence-corrected chi connectivity index (χ3v) is 3.30. The van der Waals surface area contributed by atoms with Gasteiger partial charge in [0.15, 0.2) is 0 Å². The summed E-state index contributed by atoms with van der Waals surface area (Å²) in [4.78, 5) is 11.0. The summed E-state index contributed by atoms with van der Waals surface area (Å²) in [7, 11) is 0. The van der Waals surface area contributed by atoms with Crippen LogP contribution in [0.15, 0.2) is 22.7 Å². The van der Waals surface area contributed by atoms with E-state index in [-0.39, 0.29) is 12.1 Å². The van der Waals surface area contributed by atoms with E-state index >= 15 is 0 Å². The van der Waals surface area contributed by atoms with E-state index in [0.29, 0.717) is 10.0 Å². The highest BCUT2D eigenvalue weighted by Gasteiger charge is 2.27. The highest BCUT2D eigenvalue weighted by Crippen LogP contribution is 2.28. The molecular formula is C11H13BrN2O2. The minimum absolute atomic E-state index is 0.196. The quantitative estimate of drug-likeness (QED) is 0.881. The van der Waals surface area contributed by atoms with Gasteiger partial charge in [-0.2, -0.15) is 0 Å². The maximum Gasteiger partial charge on any atom is 0.249 e. The van der Waals surface area contributed by atoms with Gasteiger partial charge in [0, 0.05) is 10.5 Å². The molecule has 0 atom stereocenters. The van der Waals surface area contributed by atoms with Crippen molar-refractivity contribution in [3.8, 4) is 5.75 Å². The molecule has 0 bridgehead atoms. The normalized spacial score (nSPS) is 23.6. The van der Waals surface area contributed by atoms with Crippen LogP contribution >= 0.6 is 15.9 Å². The molecule has 1 aromatic carbocycles. The van der Waals surface area contributed by atoms with Crippen LogP contribution in [0.2, 0.25) is 0 Å². The lowest BCUT2D eigenvalue weighted by Crippen LogP contribution is -2.43. The highest BCUT2D eigenvalue weighted by atomic mass is 79.9. The molecule has 1 amide bonds. The van der Waals surface area contributed by atoms with Gasteiger partial charge in [-0.05, 0) is 47.0 Å². The molecule has 0 aromatic heterocycles. The summed E-state index contributed by atoms with van der Waals surface area (Å²) in [5.74, 6) is 0.276. The van der Waals surface area contributed by atoms with Gasteiger partial charge < -0.3 is 16.2 Å². The topological polar surface area (TPSA) is 78.3 Å². The first-order valence-corrected chi connectivity index (χ1v) is 5.87. The van der Waals surface area contributed by atoms with Crippen LogP contribution < -0.4 is 16.2 Å². The first-order valence-electron chi connectivity index (χ1n) is 5.08. The predicted octanol–water partition coefficient (Wildman–Crippen LogP) is 1.42. The molecule has 1 fully saturated rings. The number of hydrogen-bond donors (Lipinski definition) is 2. The number of halogens is 1. The average molecular weight is 285 g/mol. The number of primary amides is 1. The van der Waals surface area contributed by atoms with E-state index in [9.17, 15) is 4.79 Å². The summed E-state index contributed by atoms with van der Waals surface area (Å²) in [5, 5.41) is 0. The SMILES string of the molecule is NC(=O)c1ccc(OC2CC(N)C2)cc1Br. The summed E-state index contributed by atoms with van der Waals surface area (Å²) in [5.41, 5.74) is 11.3. The molecule has 0 unspecified atom stereocenters. The molecule has 86 valence electrons. The Hall–Kier alpha value is -1.07. The van der Waals surface area contributed by atoms with Crippen LogP contribution in [0.3, 0.4) is 0 Å². The lowest BCUT2D eigenvalue weighted by atomic mass is 9.90. The minimum Gasteiger partial charge on any atom is -0.490 e. The summed E-state index contributed by atoms with van der Waals surface area (Å²) >= 11 is 3.28. The molecule has 1 aliphatic carbocycles. The molecular weight excluding hydrogens is 272 g/mol. The molecule has 5 heteroatoms. The van der Waals surface area contributed by atoms with Crippen LogP contribution in [0.5, 0.6) is 5.75 Å². The van der Waals surface area contributed by atoms with Gasteiger partial charge >= 0.3 is 0 Å². The Morgan fingerprint density at radius 2 is 2.12 bits per heavy atom. The molecule has 4 nitrogen and oxygen atoms in total. The molecule has 1 aliphatic rings. The first kappa shape index (κ1) is 11.4. The third kappa shape index (κ3) is 2.36. The van der Waals surface area contributed by atoms with Crippen LogP contribution in [-0.2, 0) is 0 Å². The van der Waals surface area contributed by atoms with Gasteiger partial charge in [0.25, 0.3) is 0 Å². The van der Waals surface area contributed by atoms with Crippen LogP contribution in [0.4, 0.5) is 0 Å². The number of nitrogens with two attached hydrogens (primary N) is 2. The lowest BCUT2D eigenvalue weighted by molar-refractivity contribution is 0.0995. The van der Waals surface area contributed by atoms with Crippen molar-refractivity contribution in [2.75, 3.05) is 0 Å². The highest BCUT2D eigenvalue weighted by molar-refractivity contribution is 9.10. The molecule has 1 aromatic rings. The number of benzene rings is 1. The second-order valence-corrected chi connectivity index (χ2v) is 4.83. The fraction of sp³-hybridized carbons (Fsp3) is 0.364. The Morgan fingerprint density at radius 3 is 2.62 bits per heavy atom. The number of carbonyl (C=O) groups is 1. The molecule has 0 spiro atoms. The van der Waals surface area contributed by atoms with Crippen molar-refractivity contribution < 1.29 is 9.53 Å². The fourth-order valence-electron chi connectivity index (χ4n) is 1.66. The second kappa shape index (κ2) is 4.43. The standard InChI is InChI=1S/C11H13BrN2O2/c12-10-5-7(1-2-9(10)11(14)15)16-8-3-6(13)4-8/h1-2,5-6,8H,3-4,13H2,(H2,14,15). The smallest absolute Gasteiger partial charge is 0.249 e. The van der Waals surface area contributed by atoms with Gasteiger partial charge in [-0.1, -0.05) is 0 Å². The maximum atomic E-state index is 11.0. The summed E-state index contributed by atoms with van der Waals surface area (Å²) in [6, 6.07) is 5.41. The van der Waals surface area contributed by atoms with Gasteiger partial charge in [0.2, 0.25) is 5.91 Å². The van der Waals surface area contributed by atoms with Gasteiger partial charge in [-0.3, -0.25) is 4.79 Å². The van der Waals surface area contributed by atoms with Crippen LogP contribution in [-0.4, -0.2) is 18.1 Å². The van der Waals surface area contributed by atoms with Crippen molar-refractivity contribution >= 4 is 21.8 Å². The molecule has 1 saturated carbocycles. The Morgan fingerprint density at radius 1 is 1.44 bits per heavy atom. The largest absolute Gasteiger partial charge is 0.490 e. The monoisotopic (exact) mass is 284 g/mol.